The highest BCUT2D eigenvalue weighted by molar-refractivity contribution is 9.10. The molecule has 9 aromatic rings. The number of rotatable bonds is 39. The molecule has 4 saturated heterocycles. The average Bonchev–Trinajstić information content (AvgIpc) is 1.60. The number of carbonyl (C=O) groups excluding carboxylic acids is 11. The molecule has 1 saturated carbocycles. The summed E-state index contributed by atoms with van der Waals surface area (Å²) in [6.45, 7) is 31.2. The third-order valence-electron chi connectivity index (χ3n) is 28.4. The summed E-state index contributed by atoms with van der Waals surface area (Å²) in [4.78, 5) is 175. The number of Topliss-reactive ketones (excluding diaryl/α,β-unsaturated/α-hetero) is 4. The number of likely N-dealkylation sites (tertiary alicyclic amines) is 4. The van der Waals surface area contributed by atoms with Gasteiger partial charge in [0.2, 0.25) is 35.4 Å². The maximum atomic E-state index is 13.9. The number of aromatic nitrogens is 4. The number of aliphatic hydroxyl groups is 4. The van der Waals surface area contributed by atoms with Crippen molar-refractivity contribution in [3.8, 4) is 41.8 Å². The molecule has 6 aliphatic rings. The van der Waals surface area contributed by atoms with Gasteiger partial charge in [-0.05, 0) is 183 Å². The van der Waals surface area contributed by atoms with Gasteiger partial charge in [-0.3, -0.25) is 52.7 Å². The highest BCUT2D eigenvalue weighted by atomic mass is 79.9. The van der Waals surface area contributed by atoms with E-state index in [1.807, 2.05) is 176 Å². The van der Waals surface area contributed by atoms with Gasteiger partial charge in [-0.1, -0.05) is 208 Å². The fourth-order valence-electron chi connectivity index (χ4n) is 20.1. The molecular weight excluding hydrogens is 2010 g/mol. The van der Waals surface area contributed by atoms with Crippen molar-refractivity contribution in [1.82, 2.24) is 60.4 Å². The second-order valence-corrected chi connectivity index (χ2v) is 47.5. The summed E-state index contributed by atoms with van der Waals surface area (Å²) < 4.78 is 0.839. The van der Waals surface area contributed by atoms with Crippen LogP contribution >= 0.6 is 73.0 Å². The second-order valence-electron chi connectivity index (χ2n) is 42.3. The minimum atomic E-state index is -0.777. The number of thioether (sulfide) groups is 1. The van der Waals surface area contributed by atoms with Gasteiger partial charge in [-0.25, -0.2) is 19.9 Å². The maximum Gasteiger partial charge on any atom is 0.255 e. The Morgan fingerprint density at radius 1 is 0.466 bits per heavy atom. The molecular formula is C113H147BrN12O15S5. The zero-order valence-corrected chi connectivity index (χ0v) is 92.9. The molecule has 4 aromatic heterocycles. The number of amides is 7. The molecule has 12 atom stereocenters. The summed E-state index contributed by atoms with van der Waals surface area (Å²) in [5.74, 6) is -0.289. The molecule has 7 N–H and O–H groups in total. The Kier molecular flexibility index (Phi) is 42.2. The van der Waals surface area contributed by atoms with E-state index in [9.17, 15) is 73.2 Å². The van der Waals surface area contributed by atoms with Crippen molar-refractivity contribution in [2.45, 2.75) is 305 Å². The van der Waals surface area contributed by atoms with E-state index >= 15 is 0 Å². The van der Waals surface area contributed by atoms with Crippen molar-refractivity contribution in [2.75, 3.05) is 44.7 Å². The summed E-state index contributed by atoms with van der Waals surface area (Å²) in [5.41, 5.74) is 21.0. The number of aliphatic hydroxyl groups excluding tert-OH is 4. The predicted molar refractivity (Wildman–Crippen MR) is 583 cm³/mol. The zero-order chi connectivity index (χ0) is 106. The SMILES string of the molecule is CSC[C@H](NC(=O)CCC(C)C)C(=O)N1C[C@H](O)C[C@H]1C(=O)CCc1ccc(-c2scnc2C)cc1.Cc1ncsc1-c1ccc(CCC(=O)[C@@H]2C[C@@H](O)CN2C(=O)[C@@H](NC(=O)C(C)C)C(C)(C)C)cc1.Cc1ncsc1-c1ccc(CCC(=O)[C@@H]2C[C@@H](O)CN2C(=O)[C@@H](NCCC(C)C)C2CCCC2)cc1.Cc1ncsc1-c1ccc(CCC(=O)[C@@H]2C[C@@H](O)CN2C(=O)[C@H](C(C)C)N2Cc3c(Br)cccc3C2=O)cc1. The lowest BCUT2D eigenvalue weighted by Crippen LogP contribution is -2.57. The van der Waals surface area contributed by atoms with E-state index in [1.54, 1.807) is 75.1 Å². The molecule has 146 heavy (non-hydrogen) atoms. The maximum absolute atomic E-state index is 13.9. The van der Waals surface area contributed by atoms with Crippen LogP contribution in [-0.2, 0) is 80.2 Å². The first-order chi connectivity index (χ1) is 69.5. The highest BCUT2D eigenvalue weighted by Crippen LogP contribution is 2.39. The molecule has 7 amide bonds. The summed E-state index contributed by atoms with van der Waals surface area (Å²) in [6.07, 6.45) is 10.1. The van der Waals surface area contributed by atoms with Gasteiger partial charge in [0, 0.05) is 112 Å². The first-order valence-electron chi connectivity index (χ1n) is 51.5. The number of carbonyl (C=O) groups is 11. The highest BCUT2D eigenvalue weighted by Gasteiger charge is 2.49. The van der Waals surface area contributed by atoms with E-state index in [0.717, 1.165) is 137 Å². The van der Waals surface area contributed by atoms with Crippen LogP contribution in [-0.4, -0.2) is 247 Å². The minimum absolute atomic E-state index is 0.00448. The van der Waals surface area contributed by atoms with Crippen molar-refractivity contribution in [3.63, 3.8) is 0 Å². The van der Waals surface area contributed by atoms with Gasteiger partial charge in [0.15, 0.2) is 23.1 Å². The fourth-order valence-corrected chi connectivity index (χ4v) is 24.4. The average molecular weight is 2150 g/mol. The molecule has 5 aliphatic heterocycles. The molecule has 5 aromatic carbocycles. The first kappa shape index (κ1) is 115. The molecule has 0 unspecified atom stereocenters. The molecule has 9 heterocycles. The standard InChI is InChI=1S/C30H32BrN3O4S.C29H41N3O3S.C27H37N3O4S2.C27H37N3O4S/c1-17(2)27(34-15-23-22(29(34)37)5-4-6-24(23)31)30(38)33-14-21(35)13-25(33)26(36)12-9-19-7-10-20(11-8-19)28-18(3)32-16-39-28;1-19(2)14-15-30-27(22-6-4-5-7-22)29(35)32-17-24(33)16-25(32)26(34)13-10-21-8-11-23(12-9-21)28-20(3)31-18-36-28;1-17(2)5-12-25(33)29-22(15-35-4)27(34)30-14-21(31)13-23(30)24(32)11-8-19-6-9-20(10-7-19)26-18(3)28-16-36-26;1-16(2)25(33)29-24(27(4,5)6)26(34)30-14-20(31)13-21(30)22(32)12-9-18-7-10-19(11-8-18)23-17(3)28-15-35-23/h4-8,10-11,16-17,21,25,27,35H,9,12-15H2,1-3H3;8-9,11-12,18-19,22,24-25,27,30,33H,4-7,10,13-17H2,1-3H3;6-7,9-10,16-17,21-23,31H,5,8,11-15H2,1-4H3,(H,29,33);7-8,10-11,15-16,20-21,24,31H,9,12-14H2,1-6H3,(H,29,33)/t21-,25+,27+;24-,25+,27+;21-,22+,23+;20-,21+,24-/m1111/s1. The van der Waals surface area contributed by atoms with E-state index < -0.39 is 72.1 Å². The van der Waals surface area contributed by atoms with Crippen LogP contribution in [0, 0.1) is 62.7 Å². The van der Waals surface area contributed by atoms with Gasteiger partial charge < -0.3 is 60.9 Å². The number of thiazole rings is 4. The van der Waals surface area contributed by atoms with Gasteiger partial charge >= 0.3 is 0 Å². The van der Waals surface area contributed by atoms with Crippen LogP contribution in [0.25, 0.3) is 41.8 Å². The Balaban J connectivity index is 0.000000173. The molecule has 15 rings (SSSR count). The van der Waals surface area contributed by atoms with Crippen LogP contribution in [0.4, 0.5) is 0 Å². The number of halogens is 1. The van der Waals surface area contributed by atoms with Crippen LogP contribution in [0.3, 0.4) is 0 Å². The summed E-state index contributed by atoms with van der Waals surface area (Å²) >= 11 is 11.4. The van der Waals surface area contributed by atoms with E-state index in [-0.39, 0.29) is 147 Å². The molecule has 1 aliphatic carbocycles. The topological polar surface area (TPSA) is 373 Å². The lowest BCUT2D eigenvalue weighted by molar-refractivity contribution is -0.144. The van der Waals surface area contributed by atoms with Gasteiger partial charge in [0.1, 0.15) is 18.1 Å². The molecule has 0 spiro atoms. The first-order valence-corrected chi connectivity index (χ1v) is 57.2. The lowest BCUT2D eigenvalue weighted by Gasteiger charge is -2.35. The number of hydrogen-bond acceptors (Lipinski definition) is 25. The summed E-state index contributed by atoms with van der Waals surface area (Å²) in [6, 6.07) is 33.2. The Bertz CT molecular complexity index is 5930. The number of ketones is 4. The van der Waals surface area contributed by atoms with Crippen molar-refractivity contribution < 1.29 is 73.2 Å². The zero-order valence-electron chi connectivity index (χ0n) is 87.2. The Morgan fingerprint density at radius 3 is 1.14 bits per heavy atom. The van der Waals surface area contributed by atoms with E-state index in [4.69, 9.17) is 0 Å². The summed E-state index contributed by atoms with van der Waals surface area (Å²) in [7, 11) is 0. The fraction of sp³-hybridized carbons (Fsp3) is 0.531. The molecule has 0 bridgehead atoms. The lowest BCUT2D eigenvalue weighted by atomic mass is 9.85. The third kappa shape index (κ3) is 30.6. The van der Waals surface area contributed by atoms with E-state index in [1.165, 1.54) is 31.3 Å². The van der Waals surface area contributed by atoms with Gasteiger partial charge in [0.05, 0.1) is 119 Å². The molecule has 33 heteroatoms. The summed E-state index contributed by atoms with van der Waals surface area (Å²) in [5, 5.41) is 50.8. The van der Waals surface area contributed by atoms with Crippen molar-refractivity contribution >= 4 is 138 Å². The molecule has 5 fully saturated rings. The number of benzene rings is 5. The Morgan fingerprint density at radius 2 is 0.822 bits per heavy atom. The van der Waals surface area contributed by atoms with E-state index in [0.29, 0.717) is 80.6 Å². The van der Waals surface area contributed by atoms with Crippen LogP contribution < -0.4 is 16.0 Å². The molecule has 0 radical (unpaired) electrons. The Labute approximate surface area is 889 Å². The number of β-amino-alcohol motifs (C(OH)–C–C–N with tert-alkyl or cyclic N) is 4. The molecule has 27 nitrogen and oxygen atoms in total. The number of nitrogens with zero attached hydrogens (tertiary/aromatic N) is 9. The largest absolute Gasteiger partial charge is 0.391 e. The van der Waals surface area contributed by atoms with Crippen molar-refractivity contribution in [1.29, 1.82) is 0 Å². The van der Waals surface area contributed by atoms with Gasteiger partial charge in [-0.15, -0.1) is 45.3 Å². The number of hydrogen-bond donors (Lipinski definition) is 7. The quantitative estimate of drug-likeness (QED) is 0.0188. The van der Waals surface area contributed by atoms with Gasteiger partial charge in [0.25, 0.3) is 5.91 Å². The minimum Gasteiger partial charge on any atom is -0.391 e. The van der Waals surface area contributed by atoms with Gasteiger partial charge in [-0.2, -0.15) is 11.8 Å². The smallest absolute Gasteiger partial charge is 0.255 e. The van der Waals surface area contributed by atoms with Crippen molar-refractivity contribution in [2.24, 2.45) is 35.0 Å². The van der Waals surface area contributed by atoms with Crippen molar-refractivity contribution in [3.05, 3.63) is 198 Å². The van der Waals surface area contributed by atoms with Crippen LogP contribution in [0.2, 0.25) is 0 Å². The third-order valence-corrected chi connectivity index (χ3v) is 33.8. The molecule has 786 valence electrons. The van der Waals surface area contributed by atoms with Crippen LogP contribution in [0.5, 0.6) is 0 Å². The number of nitrogens with one attached hydrogen (secondary N) is 3. The number of aryl methyl sites for hydroxylation is 8. The normalized spacial score (nSPS) is 19.7. The predicted octanol–water partition coefficient (Wildman–Crippen LogP) is 17.4. The number of fused-ring (bicyclic) bond motifs is 1. The van der Waals surface area contributed by atoms with E-state index in [2.05, 4.69) is 104 Å². The second kappa shape index (κ2) is 53.6. The Hall–Kier alpha value is -9.78. The van der Waals surface area contributed by atoms with Crippen LogP contribution in [0.1, 0.15) is 233 Å². The van der Waals surface area contributed by atoms with Crippen LogP contribution in [0.15, 0.2) is 142 Å². The monoisotopic (exact) mass is 2150 g/mol.